The normalized spacial score (nSPS) is 14.9. The minimum atomic E-state index is 0.821. The standard InChI is InChI=1S/C12H14N4/c1-9-3-5-10(6-4-9)11-13-12(15-14-11)16-7-2-8-16/h3-6H,2,7-8H2,1H3,(H,13,14,15). The highest BCUT2D eigenvalue weighted by molar-refractivity contribution is 5.56. The quantitative estimate of drug-likeness (QED) is 0.831. The van der Waals surface area contributed by atoms with Crippen LogP contribution in [0.2, 0.25) is 0 Å². The van der Waals surface area contributed by atoms with Crippen molar-refractivity contribution in [1.29, 1.82) is 0 Å². The first-order chi connectivity index (χ1) is 7.83. The molecular weight excluding hydrogens is 200 g/mol. The molecule has 1 N–H and O–H groups in total. The average Bonchev–Trinajstić information content (AvgIpc) is 2.65. The van der Waals surface area contributed by atoms with Crippen molar-refractivity contribution in [2.75, 3.05) is 18.0 Å². The molecule has 3 rings (SSSR count). The second-order valence-electron chi connectivity index (χ2n) is 4.19. The van der Waals surface area contributed by atoms with Gasteiger partial charge in [0.15, 0.2) is 5.82 Å². The van der Waals surface area contributed by atoms with Gasteiger partial charge >= 0.3 is 0 Å². The summed E-state index contributed by atoms with van der Waals surface area (Å²) in [5, 5.41) is 7.21. The van der Waals surface area contributed by atoms with Crippen molar-refractivity contribution in [3.8, 4) is 11.4 Å². The zero-order chi connectivity index (χ0) is 11.0. The lowest BCUT2D eigenvalue weighted by molar-refractivity contribution is 0.601. The first-order valence-electron chi connectivity index (χ1n) is 5.57. The molecule has 4 heteroatoms. The van der Waals surface area contributed by atoms with Gasteiger partial charge in [0.2, 0.25) is 5.95 Å². The van der Waals surface area contributed by atoms with Gasteiger partial charge in [-0.25, -0.2) is 0 Å². The smallest absolute Gasteiger partial charge is 0.245 e. The van der Waals surface area contributed by atoms with Crippen molar-refractivity contribution in [2.24, 2.45) is 0 Å². The number of aryl methyl sites for hydroxylation is 1. The van der Waals surface area contributed by atoms with E-state index in [1.54, 1.807) is 0 Å². The number of nitrogens with zero attached hydrogens (tertiary/aromatic N) is 3. The van der Waals surface area contributed by atoms with Crippen LogP contribution in [-0.4, -0.2) is 28.3 Å². The maximum Gasteiger partial charge on any atom is 0.245 e. The third-order valence-electron chi connectivity index (χ3n) is 2.94. The second-order valence-corrected chi connectivity index (χ2v) is 4.19. The van der Waals surface area contributed by atoms with E-state index in [9.17, 15) is 0 Å². The van der Waals surface area contributed by atoms with Gasteiger partial charge in [-0.3, -0.25) is 5.10 Å². The van der Waals surface area contributed by atoms with Crippen molar-refractivity contribution in [2.45, 2.75) is 13.3 Å². The number of aromatic nitrogens is 3. The summed E-state index contributed by atoms with van der Waals surface area (Å²) >= 11 is 0. The molecule has 0 unspecified atom stereocenters. The number of nitrogens with one attached hydrogen (secondary N) is 1. The molecular formula is C12H14N4. The predicted molar refractivity (Wildman–Crippen MR) is 63.4 cm³/mol. The van der Waals surface area contributed by atoms with E-state index < -0.39 is 0 Å². The van der Waals surface area contributed by atoms with Crippen LogP contribution in [0.15, 0.2) is 24.3 Å². The number of hydrogen-bond donors (Lipinski definition) is 1. The number of benzene rings is 1. The van der Waals surface area contributed by atoms with Gasteiger partial charge in [0.25, 0.3) is 0 Å². The maximum atomic E-state index is 4.49. The van der Waals surface area contributed by atoms with Crippen molar-refractivity contribution in [3.05, 3.63) is 29.8 Å². The van der Waals surface area contributed by atoms with Crippen LogP contribution in [0.3, 0.4) is 0 Å². The van der Waals surface area contributed by atoms with Crippen molar-refractivity contribution < 1.29 is 0 Å². The molecule has 0 spiro atoms. The number of aromatic amines is 1. The number of H-pyrrole nitrogens is 1. The predicted octanol–water partition coefficient (Wildman–Crippen LogP) is 1.99. The van der Waals surface area contributed by atoms with Gasteiger partial charge in [0.05, 0.1) is 0 Å². The van der Waals surface area contributed by atoms with Crippen molar-refractivity contribution in [3.63, 3.8) is 0 Å². The van der Waals surface area contributed by atoms with Crippen LogP contribution in [0.4, 0.5) is 5.95 Å². The van der Waals surface area contributed by atoms with Crippen LogP contribution in [-0.2, 0) is 0 Å². The molecule has 0 radical (unpaired) electrons. The molecule has 1 aromatic carbocycles. The highest BCUT2D eigenvalue weighted by Gasteiger charge is 2.18. The molecule has 1 aliphatic rings. The summed E-state index contributed by atoms with van der Waals surface area (Å²) in [5.74, 6) is 1.67. The van der Waals surface area contributed by atoms with E-state index in [1.807, 2.05) is 0 Å². The fourth-order valence-corrected chi connectivity index (χ4v) is 1.75. The van der Waals surface area contributed by atoms with E-state index in [0.29, 0.717) is 0 Å². The molecule has 1 saturated heterocycles. The molecule has 0 saturated carbocycles. The summed E-state index contributed by atoms with van der Waals surface area (Å²) in [6.45, 7) is 4.23. The van der Waals surface area contributed by atoms with Gasteiger partial charge in [-0.05, 0) is 13.3 Å². The van der Waals surface area contributed by atoms with Crippen LogP contribution in [0.25, 0.3) is 11.4 Å². The van der Waals surface area contributed by atoms with E-state index in [2.05, 4.69) is 51.3 Å². The van der Waals surface area contributed by atoms with Crippen LogP contribution >= 0.6 is 0 Å². The van der Waals surface area contributed by atoms with Crippen molar-refractivity contribution in [1.82, 2.24) is 15.2 Å². The van der Waals surface area contributed by atoms with E-state index in [1.165, 1.54) is 12.0 Å². The Labute approximate surface area is 94.3 Å². The van der Waals surface area contributed by atoms with Crippen LogP contribution in [0, 0.1) is 6.92 Å². The zero-order valence-electron chi connectivity index (χ0n) is 9.27. The highest BCUT2D eigenvalue weighted by Crippen LogP contribution is 2.20. The fraction of sp³-hybridized carbons (Fsp3) is 0.333. The maximum absolute atomic E-state index is 4.49. The Kier molecular flexibility index (Phi) is 2.13. The largest absolute Gasteiger partial charge is 0.339 e. The molecule has 1 aromatic heterocycles. The van der Waals surface area contributed by atoms with Crippen LogP contribution in [0.5, 0.6) is 0 Å². The molecule has 0 bridgehead atoms. The summed E-state index contributed by atoms with van der Waals surface area (Å²) in [4.78, 5) is 6.67. The van der Waals surface area contributed by atoms with Crippen LogP contribution < -0.4 is 4.90 Å². The van der Waals surface area contributed by atoms with Gasteiger partial charge in [0.1, 0.15) is 0 Å². The fourth-order valence-electron chi connectivity index (χ4n) is 1.75. The molecule has 16 heavy (non-hydrogen) atoms. The van der Waals surface area contributed by atoms with Gasteiger partial charge in [-0.2, -0.15) is 4.98 Å². The topological polar surface area (TPSA) is 44.8 Å². The molecule has 0 aliphatic carbocycles. The molecule has 2 aromatic rings. The first kappa shape index (κ1) is 9.39. The Bertz CT molecular complexity index is 482. The number of hydrogen-bond acceptors (Lipinski definition) is 3. The Morgan fingerprint density at radius 2 is 1.94 bits per heavy atom. The summed E-state index contributed by atoms with van der Waals surface area (Å²) in [7, 11) is 0. The lowest BCUT2D eigenvalue weighted by Crippen LogP contribution is -2.37. The molecule has 1 fully saturated rings. The zero-order valence-corrected chi connectivity index (χ0v) is 9.27. The van der Waals surface area contributed by atoms with E-state index in [-0.39, 0.29) is 0 Å². The first-order valence-corrected chi connectivity index (χ1v) is 5.57. The number of anilines is 1. The summed E-state index contributed by atoms with van der Waals surface area (Å²) < 4.78 is 0. The molecule has 1 aliphatic heterocycles. The SMILES string of the molecule is Cc1ccc(-c2nc(N3CCC3)n[nH]2)cc1. The minimum absolute atomic E-state index is 0.821. The monoisotopic (exact) mass is 214 g/mol. The third-order valence-corrected chi connectivity index (χ3v) is 2.94. The second kappa shape index (κ2) is 3.63. The Morgan fingerprint density at radius 3 is 2.56 bits per heavy atom. The average molecular weight is 214 g/mol. The van der Waals surface area contributed by atoms with Gasteiger partial charge in [0, 0.05) is 18.7 Å². The molecule has 2 heterocycles. The Balaban J connectivity index is 1.88. The van der Waals surface area contributed by atoms with Crippen molar-refractivity contribution >= 4 is 5.95 Å². The molecule has 4 nitrogen and oxygen atoms in total. The lowest BCUT2D eigenvalue weighted by Gasteiger charge is -2.29. The summed E-state index contributed by atoms with van der Waals surface area (Å²) in [6, 6.07) is 8.30. The Morgan fingerprint density at radius 1 is 1.19 bits per heavy atom. The summed E-state index contributed by atoms with van der Waals surface area (Å²) in [5.41, 5.74) is 2.34. The molecule has 0 amide bonds. The molecule has 0 atom stereocenters. The third kappa shape index (κ3) is 1.56. The van der Waals surface area contributed by atoms with E-state index in [4.69, 9.17) is 0 Å². The minimum Gasteiger partial charge on any atom is -0.339 e. The van der Waals surface area contributed by atoms with E-state index >= 15 is 0 Å². The Hall–Kier alpha value is -1.84. The van der Waals surface area contributed by atoms with E-state index in [0.717, 1.165) is 30.4 Å². The lowest BCUT2D eigenvalue weighted by atomic mass is 10.1. The molecule has 82 valence electrons. The van der Waals surface area contributed by atoms with Gasteiger partial charge < -0.3 is 4.90 Å². The van der Waals surface area contributed by atoms with Gasteiger partial charge in [-0.1, -0.05) is 29.8 Å². The van der Waals surface area contributed by atoms with Gasteiger partial charge in [-0.15, -0.1) is 5.10 Å². The number of rotatable bonds is 2. The summed E-state index contributed by atoms with van der Waals surface area (Å²) in [6.07, 6.45) is 1.24. The highest BCUT2D eigenvalue weighted by atomic mass is 15.4. The van der Waals surface area contributed by atoms with Crippen LogP contribution in [0.1, 0.15) is 12.0 Å².